The molecule has 0 saturated carbocycles. The first-order valence-corrected chi connectivity index (χ1v) is 8.70. The molecule has 0 radical (unpaired) electrons. The number of hydrogen-bond donors (Lipinski definition) is 1. The summed E-state index contributed by atoms with van der Waals surface area (Å²) >= 11 is 0. The predicted octanol–water partition coefficient (Wildman–Crippen LogP) is 2.60. The molecular formula is C15H26N2O2S. The molecule has 0 aliphatic carbocycles. The number of nitrogens with zero attached hydrogens (tertiary/aromatic N) is 1. The van der Waals surface area contributed by atoms with Crippen molar-refractivity contribution in [3.63, 3.8) is 0 Å². The zero-order chi connectivity index (χ0) is 15.2. The van der Waals surface area contributed by atoms with E-state index in [0.29, 0.717) is 30.8 Å². The normalized spacial score (nSPS) is 12.8. The molecule has 1 rings (SSSR count). The van der Waals surface area contributed by atoms with Gasteiger partial charge in [0, 0.05) is 18.6 Å². The third kappa shape index (κ3) is 3.22. The van der Waals surface area contributed by atoms with Gasteiger partial charge in [-0.3, -0.25) is 0 Å². The van der Waals surface area contributed by atoms with Gasteiger partial charge in [-0.05, 0) is 31.4 Å². The molecule has 0 bridgehead atoms. The number of sulfonamides is 1. The topological polar surface area (TPSA) is 63.4 Å². The van der Waals surface area contributed by atoms with Crippen molar-refractivity contribution in [3.8, 4) is 0 Å². The monoisotopic (exact) mass is 298 g/mol. The quantitative estimate of drug-likeness (QED) is 0.802. The van der Waals surface area contributed by atoms with Crippen molar-refractivity contribution in [2.24, 2.45) is 5.73 Å². The van der Waals surface area contributed by atoms with Crippen LogP contribution in [0.15, 0.2) is 35.2 Å². The van der Waals surface area contributed by atoms with Gasteiger partial charge in [0.15, 0.2) is 0 Å². The molecule has 114 valence electrons. The summed E-state index contributed by atoms with van der Waals surface area (Å²) in [5, 5.41) is 0. The van der Waals surface area contributed by atoms with Crippen LogP contribution in [0.5, 0.6) is 0 Å². The summed E-state index contributed by atoms with van der Waals surface area (Å²) in [7, 11) is -3.50. The second kappa shape index (κ2) is 7.20. The van der Waals surface area contributed by atoms with Crippen molar-refractivity contribution >= 4 is 10.0 Å². The maximum Gasteiger partial charge on any atom is 0.243 e. The average Bonchev–Trinajstić information content (AvgIpc) is 2.49. The Labute approximate surface area is 123 Å². The zero-order valence-electron chi connectivity index (χ0n) is 12.7. The van der Waals surface area contributed by atoms with Crippen molar-refractivity contribution in [1.82, 2.24) is 4.31 Å². The lowest BCUT2D eigenvalue weighted by Crippen LogP contribution is -2.55. The summed E-state index contributed by atoms with van der Waals surface area (Å²) in [5.74, 6) is 0. The van der Waals surface area contributed by atoms with Crippen LogP contribution in [0, 0.1) is 0 Å². The first kappa shape index (κ1) is 17.1. The Kier molecular flexibility index (Phi) is 6.17. The van der Waals surface area contributed by atoms with Crippen LogP contribution in [0.3, 0.4) is 0 Å². The van der Waals surface area contributed by atoms with Crippen molar-refractivity contribution in [1.29, 1.82) is 0 Å². The van der Waals surface area contributed by atoms with E-state index in [1.165, 1.54) is 0 Å². The van der Waals surface area contributed by atoms with Gasteiger partial charge >= 0.3 is 0 Å². The molecule has 0 aliphatic rings. The van der Waals surface area contributed by atoms with Crippen molar-refractivity contribution in [2.45, 2.75) is 50.5 Å². The highest BCUT2D eigenvalue weighted by molar-refractivity contribution is 7.89. The molecule has 4 nitrogen and oxygen atoms in total. The van der Waals surface area contributed by atoms with Crippen molar-refractivity contribution in [3.05, 3.63) is 30.3 Å². The van der Waals surface area contributed by atoms with Gasteiger partial charge < -0.3 is 5.73 Å². The summed E-state index contributed by atoms with van der Waals surface area (Å²) < 4.78 is 27.4. The number of rotatable bonds is 8. The van der Waals surface area contributed by atoms with E-state index >= 15 is 0 Å². The van der Waals surface area contributed by atoms with E-state index in [1.807, 2.05) is 26.8 Å². The van der Waals surface area contributed by atoms with Crippen LogP contribution in [-0.2, 0) is 10.0 Å². The van der Waals surface area contributed by atoms with Gasteiger partial charge in [-0.2, -0.15) is 4.31 Å². The van der Waals surface area contributed by atoms with E-state index in [9.17, 15) is 8.42 Å². The van der Waals surface area contributed by atoms with Gasteiger partial charge in [-0.25, -0.2) is 8.42 Å². The lowest BCUT2D eigenvalue weighted by atomic mass is 9.93. The van der Waals surface area contributed by atoms with E-state index in [4.69, 9.17) is 5.73 Å². The largest absolute Gasteiger partial charge is 0.329 e. The number of benzene rings is 1. The first-order chi connectivity index (χ1) is 9.48. The molecule has 1 aromatic rings. The molecule has 0 aromatic heterocycles. The molecule has 2 N–H and O–H groups in total. The van der Waals surface area contributed by atoms with Crippen LogP contribution in [0.25, 0.3) is 0 Å². The Balaban J connectivity index is 3.33. The summed E-state index contributed by atoms with van der Waals surface area (Å²) in [6.07, 6.45) is 2.20. The summed E-state index contributed by atoms with van der Waals surface area (Å²) in [5.41, 5.74) is 5.43. The lowest BCUT2D eigenvalue weighted by Gasteiger charge is -2.41. The highest BCUT2D eigenvalue weighted by Gasteiger charge is 2.40. The minimum absolute atomic E-state index is 0.339. The summed E-state index contributed by atoms with van der Waals surface area (Å²) in [4.78, 5) is 0.341. The third-order valence-corrected chi connectivity index (χ3v) is 6.00. The molecule has 1 aromatic carbocycles. The highest BCUT2D eigenvalue weighted by Crippen LogP contribution is 2.30. The van der Waals surface area contributed by atoms with Crippen molar-refractivity contribution in [2.75, 3.05) is 13.1 Å². The molecule has 20 heavy (non-hydrogen) atoms. The maximum atomic E-state index is 12.9. The molecule has 0 amide bonds. The Morgan fingerprint density at radius 2 is 1.65 bits per heavy atom. The van der Waals surface area contributed by atoms with Gasteiger partial charge in [0.05, 0.1) is 4.90 Å². The minimum atomic E-state index is -3.50. The van der Waals surface area contributed by atoms with Gasteiger partial charge in [-0.1, -0.05) is 39.0 Å². The summed E-state index contributed by atoms with van der Waals surface area (Å²) in [6.45, 7) is 6.82. The van der Waals surface area contributed by atoms with Crippen LogP contribution in [0.2, 0.25) is 0 Å². The number of hydrogen-bond acceptors (Lipinski definition) is 3. The van der Waals surface area contributed by atoms with E-state index in [1.54, 1.807) is 28.6 Å². The standard InChI is InChI=1S/C15H26N2O2S/c1-4-12-17(15(5-2,6-3)13-16)20(18,19)14-10-8-7-9-11-14/h7-11H,4-6,12-13,16H2,1-3H3. The van der Waals surface area contributed by atoms with Gasteiger partial charge in [-0.15, -0.1) is 0 Å². The smallest absolute Gasteiger partial charge is 0.243 e. The van der Waals surface area contributed by atoms with Crippen molar-refractivity contribution < 1.29 is 8.42 Å². The summed E-state index contributed by atoms with van der Waals surface area (Å²) in [6, 6.07) is 8.60. The van der Waals surface area contributed by atoms with E-state index in [2.05, 4.69) is 0 Å². The van der Waals surface area contributed by atoms with Gasteiger partial charge in [0.1, 0.15) is 0 Å². The average molecular weight is 298 g/mol. The Morgan fingerprint density at radius 3 is 2.05 bits per heavy atom. The second-order valence-corrected chi connectivity index (χ2v) is 6.89. The minimum Gasteiger partial charge on any atom is -0.329 e. The molecule has 0 atom stereocenters. The predicted molar refractivity (Wildman–Crippen MR) is 83.0 cm³/mol. The fourth-order valence-electron chi connectivity index (χ4n) is 2.53. The lowest BCUT2D eigenvalue weighted by molar-refractivity contribution is 0.178. The molecule has 0 aliphatic heterocycles. The van der Waals surface area contributed by atoms with Gasteiger partial charge in [0.2, 0.25) is 10.0 Å². The fourth-order valence-corrected chi connectivity index (χ4v) is 4.55. The van der Waals surface area contributed by atoms with E-state index in [-0.39, 0.29) is 0 Å². The Morgan fingerprint density at radius 1 is 1.10 bits per heavy atom. The molecule has 0 heterocycles. The maximum absolute atomic E-state index is 12.9. The first-order valence-electron chi connectivity index (χ1n) is 7.26. The fraction of sp³-hybridized carbons (Fsp3) is 0.600. The molecule has 0 spiro atoms. The van der Waals surface area contributed by atoms with Crippen LogP contribution in [0.4, 0.5) is 0 Å². The molecule has 0 unspecified atom stereocenters. The second-order valence-electron chi connectivity index (χ2n) is 5.03. The zero-order valence-corrected chi connectivity index (χ0v) is 13.5. The highest BCUT2D eigenvalue weighted by atomic mass is 32.2. The Hall–Kier alpha value is -0.910. The molecule has 0 fully saturated rings. The van der Waals surface area contributed by atoms with E-state index < -0.39 is 15.6 Å². The third-order valence-electron chi connectivity index (χ3n) is 3.98. The van der Waals surface area contributed by atoms with E-state index in [0.717, 1.165) is 6.42 Å². The van der Waals surface area contributed by atoms with Crippen LogP contribution in [0.1, 0.15) is 40.0 Å². The molecule has 5 heteroatoms. The Bertz CT molecular complexity index is 488. The molecule has 0 saturated heterocycles. The van der Waals surface area contributed by atoms with Gasteiger partial charge in [0.25, 0.3) is 0 Å². The van der Waals surface area contributed by atoms with Crippen LogP contribution >= 0.6 is 0 Å². The number of nitrogens with two attached hydrogens (primary N) is 1. The molecular weight excluding hydrogens is 272 g/mol. The SMILES string of the molecule is CCCN(C(CC)(CC)CN)S(=O)(=O)c1ccccc1. The van der Waals surface area contributed by atoms with Crippen LogP contribution in [-0.4, -0.2) is 31.4 Å². The van der Waals surface area contributed by atoms with Crippen LogP contribution < -0.4 is 5.73 Å².